The molecule has 1 atom stereocenters. The molecule has 5 nitrogen and oxygen atoms in total. The van der Waals surface area contributed by atoms with Gasteiger partial charge >= 0.3 is 0 Å². The number of nitrogens with zero attached hydrogens (tertiary/aromatic N) is 1. The molecule has 1 aromatic rings. The van der Waals surface area contributed by atoms with Gasteiger partial charge < -0.3 is 5.32 Å². The Morgan fingerprint density at radius 3 is 2.42 bits per heavy atom. The fraction of sp³-hybridized carbons (Fsp3) is 0.385. The van der Waals surface area contributed by atoms with E-state index in [0.717, 1.165) is 10.6 Å². The van der Waals surface area contributed by atoms with Crippen LogP contribution in [0.2, 0.25) is 5.02 Å². The van der Waals surface area contributed by atoms with Crippen LogP contribution in [0.3, 0.4) is 0 Å². The van der Waals surface area contributed by atoms with Gasteiger partial charge in [-0.25, -0.2) is 5.06 Å². The second-order valence-electron chi connectivity index (χ2n) is 4.08. The van der Waals surface area contributed by atoms with E-state index >= 15 is 0 Å². The smallest absolute Gasteiger partial charge is 0.248 e. The summed E-state index contributed by atoms with van der Waals surface area (Å²) < 4.78 is 0. The molecule has 0 fully saturated rings. The summed E-state index contributed by atoms with van der Waals surface area (Å²) in [5.74, 6) is -0.427. The van der Waals surface area contributed by atoms with Gasteiger partial charge in [-0.15, -0.1) is 0 Å². The molecule has 19 heavy (non-hydrogen) atoms. The summed E-state index contributed by atoms with van der Waals surface area (Å²) in [5.41, 5.74) is 0.817. The van der Waals surface area contributed by atoms with Gasteiger partial charge in [-0.2, -0.15) is 0 Å². The molecule has 0 aliphatic heterocycles. The van der Waals surface area contributed by atoms with E-state index in [1.807, 2.05) is 0 Å². The Labute approximate surface area is 117 Å². The average Bonchev–Trinajstić information content (AvgIpc) is 2.37. The van der Waals surface area contributed by atoms with Crippen LogP contribution in [0.1, 0.15) is 24.9 Å². The number of nitrogens with one attached hydrogen (secondary N) is 1. The van der Waals surface area contributed by atoms with Crippen molar-refractivity contribution in [3.05, 3.63) is 34.9 Å². The lowest BCUT2D eigenvalue weighted by Crippen LogP contribution is -2.33. The molecule has 0 aromatic heterocycles. The highest BCUT2D eigenvalue weighted by molar-refractivity contribution is 6.30. The third-order valence-corrected chi connectivity index (χ3v) is 2.91. The summed E-state index contributed by atoms with van der Waals surface area (Å²) >= 11 is 5.82. The molecule has 0 radical (unpaired) electrons. The fourth-order valence-electron chi connectivity index (χ4n) is 1.60. The van der Waals surface area contributed by atoms with Gasteiger partial charge in [0.2, 0.25) is 11.8 Å². The summed E-state index contributed by atoms with van der Waals surface area (Å²) in [4.78, 5) is 27.9. The van der Waals surface area contributed by atoms with Crippen molar-refractivity contribution in [2.75, 3.05) is 14.2 Å². The van der Waals surface area contributed by atoms with E-state index in [0.29, 0.717) is 5.02 Å². The monoisotopic (exact) mass is 284 g/mol. The van der Waals surface area contributed by atoms with E-state index in [2.05, 4.69) is 5.32 Å². The van der Waals surface area contributed by atoms with E-state index in [1.165, 1.54) is 21.1 Å². The minimum atomic E-state index is -0.403. The Hall–Kier alpha value is -1.59. The zero-order chi connectivity index (χ0) is 14.4. The lowest BCUT2D eigenvalue weighted by Gasteiger charge is -2.21. The molecule has 0 unspecified atom stereocenters. The maximum Gasteiger partial charge on any atom is 0.248 e. The van der Waals surface area contributed by atoms with E-state index in [1.54, 1.807) is 24.3 Å². The van der Waals surface area contributed by atoms with Gasteiger partial charge in [0.25, 0.3) is 0 Å². The van der Waals surface area contributed by atoms with Gasteiger partial charge in [-0.05, 0) is 17.7 Å². The SMILES string of the molecule is CON(C)C(=O)C[C@@H](NC(C)=O)c1ccc(Cl)cc1. The molecule has 0 bridgehead atoms. The Kier molecular flexibility index (Phi) is 5.79. The normalized spacial score (nSPS) is 11.8. The Bertz CT molecular complexity index is 448. The highest BCUT2D eigenvalue weighted by Gasteiger charge is 2.19. The number of carbonyl (C=O) groups is 2. The molecule has 0 aliphatic carbocycles. The third kappa shape index (κ3) is 4.89. The lowest BCUT2D eigenvalue weighted by atomic mass is 10.0. The topological polar surface area (TPSA) is 58.6 Å². The number of hydrogen-bond donors (Lipinski definition) is 1. The minimum absolute atomic E-state index is 0.117. The molecular formula is C13H17ClN2O3. The molecule has 0 heterocycles. The number of hydrogen-bond acceptors (Lipinski definition) is 3. The predicted octanol–water partition coefficient (Wildman–Crippen LogP) is 1.93. The van der Waals surface area contributed by atoms with Crippen molar-refractivity contribution in [3.63, 3.8) is 0 Å². The first kappa shape index (κ1) is 15.5. The molecular weight excluding hydrogens is 268 g/mol. The highest BCUT2D eigenvalue weighted by Crippen LogP contribution is 2.20. The van der Waals surface area contributed by atoms with Gasteiger partial charge in [0.15, 0.2) is 0 Å². The Balaban J connectivity index is 2.85. The summed E-state index contributed by atoms with van der Waals surface area (Å²) in [6, 6.07) is 6.60. The van der Waals surface area contributed by atoms with Crippen molar-refractivity contribution in [2.24, 2.45) is 0 Å². The van der Waals surface area contributed by atoms with Crippen molar-refractivity contribution in [1.29, 1.82) is 0 Å². The number of halogens is 1. The second kappa shape index (κ2) is 7.11. The molecule has 1 rings (SSSR count). The van der Waals surface area contributed by atoms with Crippen LogP contribution in [0.15, 0.2) is 24.3 Å². The van der Waals surface area contributed by atoms with E-state index < -0.39 is 6.04 Å². The summed E-state index contributed by atoms with van der Waals surface area (Å²) in [7, 11) is 2.93. The van der Waals surface area contributed by atoms with Crippen LogP contribution < -0.4 is 5.32 Å². The molecule has 0 saturated heterocycles. The van der Waals surface area contributed by atoms with Crippen LogP contribution in [0.5, 0.6) is 0 Å². The van der Waals surface area contributed by atoms with Crippen molar-refractivity contribution in [3.8, 4) is 0 Å². The molecule has 1 N–H and O–H groups in total. The Morgan fingerprint density at radius 2 is 1.95 bits per heavy atom. The van der Waals surface area contributed by atoms with E-state index in [-0.39, 0.29) is 18.2 Å². The summed E-state index contributed by atoms with van der Waals surface area (Å²) in [6.45, 7) is 1.41. The van der Waals surface area contributed by atoms with Crippen LogP contribution in [0.4, 0.5) is 0 Å². The molecule has 0 saturated carbocycles. The number of hydroxylamine groups is 2. The summed E-state index contributed by atoms with van der Waals surface area (Å²) in [6.07, 6.45) is 0.117. The molecule has 104 valence electrons. The number of rotatable bonds is 5. The second-order valence-corrected chi connectivity index (χ2v) is 4.52. The first-order valence-electron chi connectivity index (χ1n) is 5.77. The van der Waals surface area contributed by atoms with Gasteiger partial charge in [-0.3, -0.25) is 14.4 Å². The van der Waals surface area contributed by atoms with Gasteiger partial charge in [-0.1, -0.05) is 23.7 Å². The molecule has 6 heteroatoms. The van der Waals surface area contributed by atoms with Crippen molar-refractivity contribution in [1.82, 2.24) is 10.4 Å². The molecule has 0 spiro atoms. The summed E-state index contributed by atoms with van der Waals surface area (Å²) in [5, 5.41) is 4.47. The van der Waals surface area contributed by atoms with E-state index in [4.69, 9.17) is 16.4 Å². The largest absolute Gasteiger partial charge is 0.349 e. The predicted molar refractivity (Wildman–Crippen MR) is 72.4 cm³/mol. The number of amides is 2. The molecule has 0 aliphatic rings. The first-order valence-corrected chi connectivity index (χ1v) is 6.15. The van der Waals surface area contributed by atoms with Crippen molar-refractivity contribution >= 4 is 23.4 Å². The van der Waals surface area contributed by atoms with Crippen LogP contribution in [0.25, 0.3) is 0 Å². The first-order chi connectivity index (χ1) is 8.93. The van der Waals surface area contributed by atoms with Crippen molar-refractivity contribution < 1.29 is 14.4 Å². The average molecular weight is 285 g/mol. The van der Waals surface area contributed by atoms with Gasteiger partial charge in [0.05, 0.1) is 19.6 Å². The zero-order valence-electron chi connectivity index (χ0n) is 11.1. The molecule has 1 aromatic carbocycles. The van der Waals surface area contributed by atoms with Gasteiger partial charge in [0, 0.05) is 19.0 Å². The third-order valence-electron chi connectivity index (χ3n) is 2.65. The van der Waals surface area contributed by atoms with Crippen LogP contribution in [-0.2, 0) is 14.4 Å². The van der Waals surface area contributed by atoms with Crippen LogP contribution in [-0.4, -0.2) is 31.0 Å². The maximum absolute atomic E-state index is 11.8. The zero-order valence-corrected chi connectivity index (χ0v) is 11.9. The molecule has 2 amide bonds. The fourth-order valence-corrected chi connectivity index (χ4v) is 1.72. The lowest BCUT2D eigenvalue weighted by molar-refractivity contribution is -0.169. The van der Waals surface area contributed by atoms with E-state index in [9.17, 15) is 9.59 Å². The standard InChI is InChI=1S/C13H17ClN2O3/c1-9(17)15-12(8-13(18)16(2)19-3)10-4-6-11(14)7-5-10/h4-7,12H,8H2,1-3H3,(H,15,17)/t12-/m1/s1. The minimum Gasteiger partial charge on any atom is -0.349 e. The van der Waals surface area contributed by atoms with Crippen LogP contribution in [0, 0.1) is 0 Å². The maximum atomic E-state index is 11.8. The van der Waals surface area contributed by atoms with Crippen molar-refractivity contribution in [2.45, 2.75) is 19.4 Å². The highest BCUT2D eigenvalue weighted by atomic mass is 35.5. The number of benzene rings is 1. The number of carbonyl (C=O) groups excluding carboxylic acids is 2. The Morgan fingerprint density at radius 1 is 1.37 bits per heavy atom. The van der Waals surface area contributed by atoms with Crippen LogP contribution >= 0.6 is 11.6 Å². The quantitative estimate of drug-likeness (QED) is 0.841. The van der Waals surface area contributed by atoms with Gasteiger partial charge in [0.1, 0.15) is 0 Å².